The van der Waals surface area contributed by atoms with E-state index < -0.39 is 5.97 Å². The van der Waals surface area contributed by atoms with Gasteiger partial charge in [0.2, 0.25) is 0 Å². The Labute approximate surface area is 114 Å². The topological polar surface area (TPSA) is 49.3 Å². The summed E-state index contributed by atoms with van der Waals surface area (Å²) >= 11 is 3.40. The molecule has 3 nitrogen and oxygen atoms in total. The number of hydrogen-bond donors (Lipinski definition) is 2. The molecule has 2 aromatic carbocycles. The summed E-state index contributed by atoms with van der Waals surface area (Å²) in [6.07, 6.45) is 0. The van der Waals surface area contributed by atoms with E-state index in [1.54, 1.807) is 18.2 Å². The molecule has 0 heterocycles. The first-order chi connectivity index (χ1) is 8.65. The van der Waals surface area contributed by atoms with Gasteiger partial charge >= 0.3 is 5.97 Å². The molecule has 0 radical (unpaired) electrons. The molecule has 4 heteroatoms. The second-order valence-corrected chi connectivity index (χ2v) is 4.79. The highest BCUT2D eigenvalue weighted by Gasteiger charge is 2.02. The van der Waals surface area contributed by atoms with Crippen molar-refractivity contribution in [3.8, 4) is 0 Å². The summed E-state index contributed by atoms with van der Waals surface area (Å²) in [6, 6.07) is 14.8. The molecule has 18 heavy (non-hydrogen) atoms. The number of nitrogens with one attached hydrogen (secondary N) is 1. The van der Waals surface area contributed by atoms with Crippen molar-refractivity contribution in [1.82, 2.24) is 0 Å². The smallest absolute Gasteiger partial charge is 0.335 e. The van der Waals surface area contributed by atoms with Crippen molar-refractivity contribution in [3.05, 3.63) is 64.1 Å². The van der Waals surface area contributed by atoms with Gasteiger partial charge in [0.15, 0.2) is 0 Å². The fourth-order valence-electron chi connectivity index (χ4n) is 1.62. The Morgan fingerprint density at radius 1 is 1.17 bits per heavy atom. The van der Waals surface area contributed by atoms with E-state index in [1.807, 2.05) is 30.3 Å². The van der Waals surface area contributed by atoms with Crippen molar-refractivity contribution in [2.75, 3.05) is 5.32 Å². The Hall–Kier alpha value is -1.81. The predicted octanol–water partition coefficient (Wildman–Crippen LogP) is 3.76. The zero-order valence-corrected chi connectivity index (χ0v) is 11.1. The Kier molecular flexibility index (Phi) is 3.99. The lowest BCUT2D eigenvalue weighted by molar-refractivity contribution is 0.0697. The highest BCUT2D eigenvalue weighted by Crippen LogP contribution is 2.16. The second kappa shape index (κ2) is 5.69. The molecule has 0 aliphatic heterocycles. The lowest BCUT2D eigenvalue weighted by Crippen LogP contribution is -2.02. The zero-order valence-electron chi connectivity index (χ0n) is 9.56. The average Bonchev–Trinajstić information content (AvgIpc) is 2.37. The number of carbonyl (C=O) groups is 1. The van der Waals surface area contributed by atoms with Crippen LogP contribution in [-0.4, -0.2) is 11.1 Å². The van der Waals surface area contributed by atoms with Crippen molar-refractivity contribution in [1.29, 1.82) is 0 Å². The Bertz CT molecular complexity index is 569. The van der Waals surface area contributed by atoms with Crippen LogP contribution in [0, 0.1) is 0 Å². The third-order valence-electron chi connectivity index (χ3n) is 2.50. The number of rotatable bonds is 4. The van der Waals surface area contributed by atoms with Gasteiger partial charge in [-0.3, -0.25) is 0 Å². The Morgan fingerprint density at radius 2 is 1.94 bits per heavy atom. The van der Waals surface area contributed by atoms with Crippen LogP contribution < -0.4 is 5.32 Å². The summed E-state index contributed by atoms with van der Waals surface area (Å²) in [5, 5.41) is 12.1. The first-order valence-electron chi connectivity index (χ1n) is 5.47. The number of aromatic carboxylic acids is 1. The molecule has 0 bridgehead atoms. The molecule has 2 rings (SSSR count). The van der Waals surface area contributed by atoms with E-state index in [0.29, 0.717) is 12.1 Å². The van der Waals surface area contributed by atoms with Crippen LogP contribution in [0.3, 0.4) is 0 Å². The van der Waals surface area contributed by atoms with Gasteiger partial charge in [-0.1, -0.05) is 34.1 Å². The molecule has 2 N–H and O–H groups in total. The standard InChI is InChI=1S/C14H12BrNO2/c15-12-5-2-6-13(8-12)16-9-10-3-1-4-11(7-10)14(17)18/h1-8,16H,9H2,(H,17,18). The maximum Gasteiger partial charge on any atom is 0.335 e. The van der Waals surface area contributed by atoms with Crippen molar-refractivity contribution >= 4 is 27.6 Å². The first kappa shape index (κ1) is 12.6. The first-order valence-corrected chi connectivity index (χ1v) is 6.26. The summed E-state index contributed by atoms with van der Waals surface area (Å²) in [4.78, 5) is 10.8. The molecule has 0 saturated carbocycles. The van der Waals surface area contributed by atoms with Crippen molar-refractivity contribution in [3.63, 3.8) is 0 Å². The highest BCUT2D eigenvalue weighted by molar-refractivity contribution is 9.10. The van der Waals surface area contributed by atoms with Crippen LogP contribution in [0.15, 0.2) is 53.0 Å². The molecule has 92 valence electrons. The number of hydrogen-bond acceptors (Lipinski definition) is 2. The summed E-state index contributed by atoms with van der Waals surface area (Å²) < 4.78 is 1.01. The SMILES string of the molecule is O=C(O)c1cccc(CNc2cccc(Br)c2)c1. The number of halogens is 1. The van der Waals surface area contributed by atoms with Gasteiger partial charge < -0.3 is 10.4 Å². The van der Waals surface area contributed by atoms with E-state index in [2.05, 4.69) is 21.2 Å². The summed E-state index contributed by atoms with van der Waals surface area (Å²) in [6.45, 7) is 0.595. The summed E-state index contributed by atoms with van der Waals surface area (Å²) in [5.41, 5.74) is 2.24. The molecular weight excluding hydrogens is 294 g/mol. The van der Waals surface area contributed by atoms with Crippen LogP contribution in [0.2, 0.25) is 0 Å². The van der Waals surface area contributed by atoms with Crippen LogP contribution in [0.1, 0.15) is 15.9 Å². The van der Waals surface area contributed by atoms with Gasteiger partial charge in [-0.2, -0.15) is 0 Å². The molecule has 0 saturated heterocycles. The van der Waals surface area contributed by atoms with Crippen LogP contribution >= 0.6 is 15.9 Å². The zero-order chi connectivity index (χ0) is 13.0. The number of anilines is 1. The fourth-order valence-corrected chi connectivity index (χ4v) is 2.02. The minimum Gasteiger partial charge on any atom is -0.478 e. The predicted molar refractivity (Wildman–Crippen MR) is 74.9 cm³/mol. The number of benzene rings is 2. The maximum atomic E-state index is 10.8. The molecule has 0 aliphatic carbocycles. The third kappa shape index (κ3) is 3.34. The van der Waals surface area contributed by atoms with Gasteiger partial charge in [0, 0.05) is 16.7 Å². The highest BCUT2D eigenvalue weighted by atomic mass is 79.9. The van der Waals surface area contributed by atoms with Crippen molar-refractivity contribution < 1.29 is 9.90 Å². The monoisotopic (exact) mass is 305 g/mol. The van der Waals surface area contributed by atoms with Gasteiger partial charge in [0.05, 0.1) is 5.56 Å². The van der Waals surface area contributed by atoms with E-state index >= 15 is 0 Å². The Morgan fingerprint density at radius 3 is 2.67 bits per heavy atom. The minimum absolute atomic E-state index is 0.309. The van der Waals surface area contributed by atoms with E-state index in [1.165, 1.54) is 0 Å². The Balaban J connectivity index is 2.06. The molecule has 0 aliphatic rings. The van der Waals surface area contributed by atoms with E-state index in [-0.39, 0.29) is 0 Å². The summed E-state index contributed by atoms with van der Waals surface area (Å²) in [5.74, 6) is -0.903. The lowest BCUT2D eigenvalue weighted by atomic mass is 10.1. The van der Waals surface area contributed by atoms with Gasteiger partial charge in [0.1, 0.15) is 0 Å². The number of carboxylic acid groups (broad SMARTS) is 1. The molecule has 0 unspecified atom stereocenters. The van der Waals surface area contributed by atoms with Crippen LogP contribution in [0.4, 0.5) is 5.69 Å². The van der Waals surface area contributed by atoms with E-state index in [0.717, 1.165) is 15.7 Å². The quantitative estimate of drug-likeness (QED) is 0.904. The van der Waals surface area contributed by atoms with Crippen molar-refractivity contribution in [2.45, 2.75) is 6.54 Å². The lowest BCUT2D eigenvalue weighted by Gasteiger charge is -2.07. The maximum absolute atomic E-state index is 10.8. The van der Waals surface area contributed by atoms with Crippen LogP contribution in [0.25, 0.3) is 0 Å². The molecular formula is C14H12BrNO2. The number of carboxylic acids is 1. The van der Waals surface area contributed by atoms with Gasteiger partial charge in [0.25, 0.3) is 0 Å². The fraction of sp³-hybridized carbons (Fsp3) is 0.0714. The van der Waals surface area contributed by atoms with Gasteiger partial charge in [-0.15, -0.1) is 0 Å². The molecule has 0 aromatic heterocycles. The third-order valence-corrected chi connectivity index (χ3v) is 2.99. The second-order valence-electron chi connectivity index (χ2n) is 3.87. The van der Waals surface area contributed by atoms with Gasteiger partial charge in [-0.05, 0) is 35.9 Å². The minimum atomic E-state index is -0.903. The molecule has 0 amide bonds. The molecule has 2 aromatic rings. The molecule has 0 spiro atoms. The normalized spacial score (nSPS) is 10.1. The van der Waals surface area contributed by atoms with Crippen molar-refractivity contribution in [2.24, 2.45) is 0 Å². The van der Waals surface area contributed by atoms with Gasteiger partial charge in [-0.25, -0.2) is 4.79 Å². The van der Waals surface area contributed by atoms with E-state index in [4.69, 9.17) is 5.11 Å². The van der Waals surface area contributed by atoms with Crippen LogP contribution in [0.5, 0.6) is 0 Å². The van der Waals surface area contributed by atoms with E-state index in [9.17, 15) is 4.79 Å². The molecule has 0 fully saturated rings. The largest absolute Gasteiger partial charge is 0.478 e. The molecule has 0 atom stereocenters. The summed E-state index contributed by atoms with van der Waals surface area (Å²) in [7, 11) is 0. The average molecular weight is 306 g/mol. The van der Waals surface area contributed by atoms with Crippen LogP contribution in [-0.2, 0) is 6.54 Å².